The number of hydrogen-bond acceptors (Lipinski definition) is 5. The predicted octanol–water partition coefficient (Wildman–Crippen LogP) is 5.47. The second-order valence-corrected chi connectivity index (χ2v) is 10.7. The van der Waals surface area contributed by atoms with Crippen LogP contribution in [0.2, 0.25) is 0 Å². The van der Waals surface area contributed by atoms with Crippen molar-refractivity contribution in [1.82, 2.24) is 15.2 Å². The summed E-state index contributed by atoms with van der Waals surface area (Å²) >= 11 is 1.81. The molecule has 2 aromatic rings. The van der Waals surface area contributed by atoms with Gasteiger partial charge in [-0.1, -0.05) is 13.0 Å². The Hall–Kier alpha value is -1.66. The van der Waals surface area contributed by atoms with Crippen molar-refractivity contribution in [2.24, 2.45) is 5.92 Å². The van der Waals surface area contributed by atoms with Gasteiger partial charge in [0.15, 0.2) is 0 Å². The maximum atomic E-state index is 12.3. The van der Waals surface area contributed by atoms with Gasteiger partial charge in [0.05, 0.1) is 15.2 Å². The molecule has 1 aromatic heterocycles. The second-order valence-electron chi connectivity index (χ2n) is 9.66. The van der Waals surface area contributed by atoms with Crippen LogP contribution in [0.25, 0.3) is 10.2 Å². The van der Waals surface area contributed by atoms with E-state index in [4.69, 9.17) is 9.72 Å². The van der Waals surface area contributed by atoms with E-state index < -0.39 is 5.60 Å². The van der Waals surface area contributed by atoms with E-state index >= 15 is 0 Å². The van der Waals surface area contributed by atoms with Crippen molar-refractivity contribution in [1.29, 1.82) is 0 Å². The van der Waals surface area contributed by atoms with Gasteiger partial charge >= 0.3 is 6.09 Å². The maximum absolute atomic E-state index is 12.3. The summed E-state index contributed by atoms with van der Waals surface area (Å²) in [6, 6.07) is 7.24. The van der Waals surface area contributed by atoms with E-state index in [1.165, 1.54) is 28.1 Å². The molecule has 2 saturated heterocycles. The van der Waals surface area contributed by atoms with Crippen molar-refractivity contribution < 1.29 is 9.53 Å². The van der Waals surface area contributed by atoms with Gasteiger partial charge in [-0.3, -0.25) is 0 Å². The zero-order valence-corrected chi connectivity index (χ0v) is 18.8. The molecular weight excluding hydrogens is 382 g/mol. The molecule has 0 saturated carbocycles. The van der Waals surface area contributed by atoms with Gasteiger partial charge in [0, 0.05) is 25.0 Å². The lowest BCUT2D eigenvalue weighted by molar-refractivity contribution is 0.0205. The normalized spacial score (nSPS) is 24.1. The Morgan fingerprint density at radius 1 is 1.21 bits per heavy atom. The highest BCUT2D eigenvalue weighted by molar-refractivity contribution is 7.18. The number of nitrogens with zero attached hydrogens (tertiary/aromatic N) is 2. The SMILES string of the molecule is C[C@H]1CC[C@H](c2ccc3sc(C4CCN(C(=O)OC(C)(C)C)CC4)nc3c2)NC1. The summed E-state index contributed by atoms with van der Waals surface area (Å²) < 4.78 is 6.78. The number of fused-ring (bicyclic) bond motifs is 1. The van der Waals surface area contributed by atoms with Crippen molar-refractivity contribution in [3.8, 4) is 0 Å². The Labute approximate surface area is 177 Å². The minimum absolute atomic E-state index is 0.195. The first kappa shape index (κ1) is 20.6. The van der Waals surface area contributed by atoms with Crippen LogP contribution in [0.1, 0.15) is 75.9 Å². The van der Waals surface area contributed by atoms with Crippen LogP contribution in [0.15, 0.2) is 18.2 Å². The molecule has 158 valence electrons. The Balaban J connectivity index is 1.41. The number of carbonyl (C=O) groups is 1. The third-order valence-electron chi connectivity index (χ3n) is 5.99. The molecule has 3 heterocycles. The lowest BCUT2D eigenvalue weighted by atomic mass is 9.92. The van der Waals surface area contributed by atoms with Gasteiger partial charge in [0.2, 0.25) is 0 Å². The Morgan fingerprint density at radius 2 is 1.97 bits per heavy atom. The van der Waals surface area contributed by atoms with Crippen LogP contribution in [0.3, 0.4) is 0 Å². The zero-order chi connectivity index (χ0) is 20.6. The maximum Gasteiger partial charge on any atom is 0.410 e. The largest absolute Gasteiger partial charge is 0.444 e. The third-order valence-corrected chi connectivity index (χ3v) is 7.19. The number of thiazole rings is 1. The standard InChI is InChI=1S/C23H33N3O2S/c1-15-5-7-18(24-14-15)17-6-8-20-19(13-17)25-21(29-20)16-9-11-26(12-10-16)22(27)28-23(2,3)4/h6,8,13,15-16,18,24H,5,7,9-12,14H2,1-4H3/t15-,18+/m0/s1. The minimum atomic E-state index is -0.441. The number of amides is 1. The van der Waals surface area contributed by atoms with Crippen LogP contribution < -0.4 is 5.32 Å². The predicted molar refractivity (Wildman–Crippen MR) is 119 cm³/mol. The molecule has 29 heavy (non-hydrogen) atoms. The van der Waals surface area contributed by atoms with Crippen molar-refractivity contribution in [2.45, 2.75) is 70.9 Å². The Kier molecular flexibility index (Phi) is 5.85. The van der Waals surface area contributed by atoms with Crippen LogP contribution in [0.4, 0.5) is 4.79 Å². The van der Waals surface area contributed by atoms with Crippen molar-refractivity contribution in [3.05, 3.63) is 28.8 Å². The van der Waals surface area contributed by atoms with E-state index in [9.17, 15) is 4.79 Å². The lowest BCUT2D eigenvalue weighted by Crippen LogP contribution is -2.41. The molecular formula is C23H33N3O2S. The molecule has 1 N–H and O–H groups in total. The number of benzene rings is 1. The average Bonchev–Trinajstić information content (AvgIpc) is 3.11. The van der Waals surface area contributed by atoms with Gasteiger partial charge in [-0.2, -0.15) is 0 Å². The molecule has 2 atom stereocenters. The number of likely N-dealkylation sites (tertiary alicyclic amines) is 1. The van der Waals surface area contributed by atoms with Gasteiger partial charge < -0.3 is 15.0 Å². The number of hydrogen-bond donors (Lipinski definition) is 1. The molecule has 1 aromatic carbocycles. The van der Waals surface area contributed by atoms with E-state index in [2.05, 4.69) is 30.4 Å². The number of ether oxygens (including phenoxy) is 1. The summed E-state index contributed by atoms with van der Waals surface area (Å²) in [4.78, 5) is 19.1. The second kappa shape index (κ2) is 8.23. The fourth-order valence-corrected chi connectivity index (χ4v) is 5.39. The van der Waals surface area contributed by atoms with Gasteiger partial charge in [-0.05, 0) is 76.6 Å². The molecule has 6 heteroatoms. The number of nitrogens with one attached hydrogen (secondary N) is 1. The number of carbonyl (C=O) groups excluding carboxylic acids is 1. The highest BCUT2D eigenvalue weighted by Crippen LogP contribution is 2.36. The van der Waals surface area contributed by atoms with E-state index in [0.29, 0.717) is 12.0 Å². The molecule has 4 rings (SSSR count). The molecule has 0 spiro atoms. The van der Waals surface area contributed by atoms with Crippen LogP contribution >= 0.6 is 11.3 Å². The van der Waals surface area contributed by atoms with E-state index in [-0.39, 0.29) is 6.09 Å². The van der Waals surface area contributed by atoms with Crippen LogP contribution in [-0.2, 0) is 4.74 Å². The quantitative estimate of drug-likeness (QED) is 0.706. The van der Waals surface area contributed by atoms with Crippen molar-refractivity contribution >= 4 is 27.6 Å². The van der Waals surface area contributed by atoms with Crippen molar-refractivity contribution in [3.63, 3.8) is 0 Å². The smallest absolute Gasteiger partial charge is 0.410 e. The monoisotopic (exact) mass is 415 g/mol. The highest BCUT2D eigenvalue weighted by Gasteiger charge is 2.29. The number of aromatic nitrogens is 1. The Bertz CT molecular complexity index is 857. The molecule has 0 unspecified atom stereocenters. The Morgan fingerprint density at radius 3 is 2.62 bits per heavy atom. The summed E-state index contributed by atoms with van der Waals surface area (Å²) in [6.45, 7) is 10.6. The molecule has 2 fully saturated rings. The first-order valence-corrected chi connectivity index (χ1v) is 11.7. The third kappa shape index (κ3) is 4.92. The fraction of sp³-hybridized carbons (Fsp3) is 0.652. The summed E-state index contributed by atoms with van der Waals surface area (Å²) in [5, 5.41) is 4.89. The number of piperidine rings is 2. The van der Waals surface area contributed by atoms with Crippen LogP contribution in [0.5, 0.6) is 0 Å². The summed E-state index contributed by atoms with van der Waals surface area (Å²) in [7, 11) is 0. The first-order valence-electron chi connectivity index (χ1n) is 10.9. The summed E-state index contributed by atoms with van der Waals surface area (Å²) in [5.41, 5.74) is 2.04. The molecule has 0 radical (unpaired) electrons. The molecule has 1 amide bonds. The minimum Gasteiger partial charge on any atom is -0.444 e. The van der Waals surface area contributed by atoms with E-state index in [0.717, 1.165) is 43.9 Å². The summed E-state index contributed by atoms with van der Waals surface area (Å²) in [6.07, 6.45) is 4.20. The molecule has 2 aliphatic heterocycles. The van der Waals surface area contributed by atoms with Crippen LogP contribution in [0, 0.1) is 5.92 Å². The van der Waals surface area contributed by atoms with Gasteiger partial charge in [0.1, 0.15) is 5.60 Å². The topological polar surface area (TPSA) is 54.5 Å². The zero-order valence-electron chi connectivity index (χ0n) is 18.0. The van der Waals surface area contributed by atoms with Gasteiger partial charge in [0.25, 0.3) is 0 Å². The molecule has 0 bridgehead atoms. The number of rotatable bonds is 2. The van der Waals surface area contributed by atoms with Gasteiger partial charge in [-0.25, -0.2) is 9.78 Å². The van der Waals surface area contributed by atoms with E-state index in [1.807, 2.05) is 37.0 Å². The highest BCUT2D eigenvalue weighted by atomic mass is 32.1. The fourth-order valence-electron chi connectivity index (χ4n) is 4.27. The first-order chi connectivity index (χ1) is 13.8. The average molecular weight is 416 g/mol. The van der Waals surface area contributed by atoms with E-state index in [1.54, 1.807) is 0 Å². The van der Waals surface area contributed by atoms with Crippen LogP contribution in [-0.4, -0.2) is 41.2 Å². The van der Waals surface area contributed by atoms with Crippen molar-refractivity contribution in [2.75, 3.05) is 19.6 Å². The molecule has 2 aliphatic rings. The molecule has 5 nitrogen and oxygen atoms in total. The van der Waals surface area contributed by atoms with Gasteiger partial charge in [-0.15, -0.1) is 11.3 Å². The molecule has 0 aliphatic carbocycles. The summed E-state index contributed by atoms with van der Waals surface area (Å²) in [5.74, 6) is 1.20. The lowest BCUT2D eigenvalue weighted by Gasteiger charge is -2.32.